The summed E-state index contributed by atoms with van der Waals surface area (Å²) in [4.78, 5) is 28.5. The van der Waals surface area contributed by atoms with E-state index in [2.05, 4.69) is 15.0 Å². The second-order valence-electron chi connectivity index (χ2n) is 5.15. The minimum absolute atomic E-state index is 0.0112. The van der Waals surface area contributed by atoms with Gasteiger partial charge in [-0.05, 0) is 36.4 Å². The monoisotopic (exact) mass is 345 g/mol. The number of nitrogens with zero attached hydrogens (tertiary/aromatic N) is 2. The van der Waals surface area contributed by atoms with E-state index in [1.165, 1.54) is 35.2 Å². The van der Waals surface area contributed by atoms with Gasteiger partial charge in [0.25, 0.3) is 5.56 Å². The fraction of sp³-hybridized carbons (Fsp3) is 0.118. The van der Waals surface area contributed by atoms with Crippen LogP contribution in [0, 0.1) is 0 Å². The third-order valence-corrected chi connectivity index (χ3v) is 3.41. The van der Waals surface area contributed by atoms with E-state index < -0.39 is 12.5 Å². The maximum Gasteiger partial charge on any atom is 0.387 e. The first-order valence-electron chi connectivity index (χ1n) is 7.32. The van der Waals surface area contributed by atoms with Crippen LogP contribution in [0.4, 0.5) is 14.5 Å². The van der Waals surface area contributed by atoms with Crippen LogP contribution in [0.3, 0.4) is 0 Å². The van der Waals surface area contributed by atoms with Crippen molar-refractivity contribution in [1.82, 2.24) is 9.55 Å². The highest BCUT2D eigenvalue weighted by atomic mass is 19.3. The van der Waals surface area contributed by atoms with Gasteiger partial charge in [-0.2, -0.15) is 8.78 Å². The Morgan fingerprint density at radius 2 is 1.88 bits per heavy atom. The molecule has 0 radical (unpaired) electrons. The summed E-state index contributed by atoms with van der Waals surface area (Å²) in [5.41, 5.74) is 0.633. The van der Waals surface area contributed by atoms with E-state index in [9.17, 15) is 18.4 Å². The van der Waals surface area contributed by atoms with Gasteiger partial charge < -0.3 is 10.1 Å². The fourth-order valence-electron chi connectivity index (χ4n) is 2.29. The summed E-state index contributed by atoms with van der Waals surface area (Å²) in [7, 11) is 0. The van der Waals surface area contributed by atoms with Gasteiger partial charge in [0, 0.05) is 5.69 Å². The van der Waals surface area contributed by atoms with Crippen LogP contribution in [0.15, 0.2) is 59.7 Å². The second-order valence-corrected chi connectivity index (χ2v) is 5.15. The summed E-state index contributed by atoms with van der Waals surface area (Å²) in [6.07, 6.45) is 1.31. The molecule has 0 saturated heterocycles. The molecular formula is C17H13F2N3O3. The van der Waals surface area contributed by atoms with Crippen molar-refractivity contribution in [3.05, 3.63) is 65.2 Å². The first-order chi connectivity index (χ1) is 12.0. The third-order valence-electron chi connectivity index (χ3n) is 3.41. The number of amides is 1. The summed E-state index contributed by atoms with van der Waals surface area (Å²) >= 11 is 0. The molecule has 25 heavy (non-hydrogen) atoms. The van der Waals surface area contributed by atoms with Gasteiger partial charge in [-0.1, -0.05) is 12.1 Å². The van der Waals surface area contributed by atoms with Crippen molar-refractivity contribution in [3.63, 3.8) is 0 Å². The van der Waals surface area contributed by atoms with Gasteiger partial charge in [0.15, 0.2) is 0 Å². The van der Waals surface area contributed by atoms with E-state index >= 15 is 0 Å². The first-order valence-corrected chi connectivity index (χ1v) is 7.32. The van der Waals surface area contributed by atoms with Crippen molar-refractivity contribution < 1.29 is 18.3 Å². The van der Waals surface area contributed by atoms with Gasteiger partial charge in [0.1, 0.15) is 12.3 Å². The van der Waals surface area contributed by atoms with Gasteiger partial charge in [-0.15, -0.1) is 0 Å². The summed E-state index contributed by atoms with van der Waals surface area (Å²) < 4.78 is 29.6. The van der Waals surface area contributed by atoms with Gasteiger partial charge in [-0.3, -0.25) is 14.2 Å². The Hall–Kier alpha value is -3.29. The number of para-hydroxylation sites is 1. The Balaban J connectivity index is 1.70. The molecule has 1 heterocycles. The number of halogens is 2. The zero-order valence-corrected chi connectivity index (χ0v) is 12.9. The van der Waals surface area contributed by atoms with Crippen molar-refractivity contribution >= 4 is 22.5 Å². The van der Waals surface area contributed by atoms with Crippen LogP contribution < -0.4 is 15.6 Å². The molecule has 3 aromatic rings. The lowest BCUT2D eigenvalue weighted by Gasteiger charge is -2.09. The molecule has 1 N–H and O–H groups in total. The molecule has 0 aliphatic heterocycles. The molecule has 1 aromatic heterocycles. The summed E-state index contributed by atoms with van der Waals surface area (Å²) in [6, 6.07) is 12.3. The summed E-state index contributed by atoms with van der Waals surface area (Å²) in [6.45, 7) is -3.13. The zero-order valence-electron chi connectivity index (χ0n) is 12.9. The van der Waals surface area contributed by atoms with Crippen LogP contribution in [0.5, 0.6) is 5.75 Å². The normalized spacial score (nSPS) is 10.8. The van der Waals surface area contributed by atoms with E-state index in [1.807, 2.05) is 0 Å². The molecule has 3 rings (SSSR count). The highest BCUT2D eigenvalue weighted by Crippen LogP contribution is 2.17. The maximum atomic E-state index is 12.3. The number of carbonyl (C=O) groups excluding carboxylic acids is 1. The molecule has 8 heteroatoms. The smallest absolute Gasteiger partial charge is 0.387 e. The van der Waals surface area contributed by atoms with E-state index in [0.29, 0.717) is 16.6 Å². The quantitative estimate of drug-likeness (QED) is 0.771. The van der Waals surface area contributed by atoms with Crippen molar-refractivity contribution in [3.8, 4) is 5.75 Å². The number of ether oxygens (including phenoxy) is 1. The molecule has 128 valence electrons. The van der Waals surface area contributed by atoms with Gasteiger partial charge in [-0.25, -0.2) is 4.98 Å². The third kappa shape index (κ3) is 3.97. The first kappa shape index (κ1) is 16.6. The lowest BCUT2D eigenvalue weighted by Crippen LogP contribution is -2.27. The van der Waals surface area contributed by atoms with Crippen LogP contribution >= 0.6 is 0 Å². The molecular weight excluding hydrogens is 332 g/mol. The van der Waals surface area contributed by atoms with Gasteiger partial charge in [0.2, 0.25) is 5.91 Å². The number of nitrogens with one attached hydrogen (secondary N) is 1. The average molecular weight is 345 g/mol. The molecule has 0 aliphatic rings. The van der Waals surface area contributed by atoms with Crippen LogP contribution in [0.25, 0.3) is 10.9 Å². The Bertz CT molecular complexity index is 955. The Morgan fingerprint density at radius 3 is 2.60 bits per heavy atom. The molecule has 0 fully saturated rings. The molecule has 2 aromatic carbocycles. The van der Waals surface area contributed by atoms with Crippen molar-refractivity contribution in [2.75, 3.05) is 5.32 Å². The largest absolute Gasteiger partial charge is 0.435 e. The number of hydrogen-bond donors (Lipinski definition) is 1. The summed E-state index contributed by atoms with van der Waals surface area (Å²) in [5.74, 6) is -0.454. The molecule has 0 aliphatic carbocycles. The van der Waals surface area contributed by atoms with E-state index in [-0.39, 0.29) is 17.9 Å². The van der Waals surface area contributed by atoms with Crippen LogP contribution in [0.2, 0.25) is 0 Å². The Kier molecular flexibility index (Phi) is 4.69. The molecule has 6 nitrogen and oxygen atoms in total. The van der Waals surface area contributed by atoms with Crippen molar-refractivity contribution in [2.45, 2.75) is 13.2 Å². The molecule has 1 amide bonds. The predicted molar refractivity (Wildman–Crippen MR) is 87.7 cm³/mol. The number of anilines is 1. The Labute approximate surface area is 140 Å². The predicted octanol–water partition coefficient (Wildman–Crippen LogP) is 2.64. The lowest BCUT2D eigenvalue weighted by atomic mass is 10.2. The number of benzene rings is 2. The second kappa shape index (κ2) is 7.08. The van der Waals surface area contributed by atoms with Crippen LogP contribution in [-0.2, 0) is 11.3 Å². The Morgan fingerprint density at radius 1 is 1.16 bits per heavy atom. The van der Waals surface area contributed by atoms with E-state index in [1.54, 1.807) is 24.3 Å². The SMILES string of the molecule is O=C(Cn1cnc2ccccc2c1=O)Nc1ccc(OC(F)F)cc1. The number of rotatable bonds is 5. The molecule has 0 bridgehead atoms. The van der Waals surface area contributed by atoms with Crippen LogP contribution in [-0.4, -0.2) is 22.1 Å². The lowest BCUT2D eigenvalue weighted by molar-refractivity contribution is -0.116. The minimum atomic E-state index is -2.91. The molecule has 0 atom stereocenters. The number of carbonyl (C=O) groups is 1. The topological polar surface area (TPSA) is 73.2 Å². The number of fused-ring (bicyclic) bond motifs is 1. The minimum Gasteiger partial charge on any atom is -0.435 e. The van der Waals surface area contributed by atoms with Gasteiger partial charge in [0.05, 0.1) is 17.2 Å². The molecule has 0 spiro atoms. The number of hydrogen-bond acceptors (Lipinski definition) is 4. The zero-order chi connectivity index (χ0) is 17.8. The fourth-order valence-corrected chi connectivity index (χ4v) is 2.29. The number of aromatic nitrogens is 2. The van der Waals surface area contributed by atoms with E-state index in [4.69, 9.17) is 0 Å². The highest BCUT2D eigenvalue weighted by molar-refractivity contribution is 5.90. The molecule has 0 unspecified atom stereocenters. The summed E-state index contributed by atoms with van der Waals surface area (Å²) in [5, 5.41) is 3.00. The van der Waals surface area contributed by atoms with Crippen molar-refractivity contribution in [1.29, 1.82) is 0 Å². The maximum absolute atomic E-state index is 12.3. The average Bonchev–Trinajstić information content (AvgIpc) is 2.59. The van der Waals surface area contributed by atoms with E-state index in [0.717, 1.165) is 0 Å². The van der Waals surface area contributed by atoms with Crippen LogP contribution in [0.1, 0.15) is 0 Å². The standard InChI is InChI=1S/C17H13F2N3O3/c18-17(19)25-12-7-5-11(6-8-12)21-15(23)9-22-10-20-14-4-2-1-3-13(14)16(22)24/h1-8,10,17H,9H2,(H,21,23). The molecule has 0 saturated carbocycles. The van der Waals surface area contributed by atoms with Crippen molar-refractivity contribution in [2.24, 2.45) is 0 Å². The van der Waals surface area contributed by atoms with Gasteiger partial charge >= 0.3 is 6.61 Å². The number of alkyl halides is 2. The highest BCUT2D eigenvalue weighted by Gasteiger charge is 2.09.